The van der Waals surface area contributed by atoms with Crippen LogP contribution in [-0.2, 0) is 18.3 Å². The smallest absolute Gasteiger partial charge is 0.0994 e. The summed E-state index contributed by atoms with van der Waals surface area (Å²) in [6, 6.07) is 15.4. The minimum atomic E-state index is -0.131. The Kier molecular flexibility index (Phi) is 6.08. The number of benzene rings is 2. The molecule has 24 heavy (non-hydrogen) atoms. The first kappa shape index (κ1) is 18.6. The van der Waals surface area contributed by atoms with Crippen LogP contribution in [0.3, 0.4) is 0 Å². The zero-order chi connectivity index (χ0) is 17.7. The Bertz CT molecular complexity index is 736. The molecule has 0 unspecified atom stereocenters. The quantitative estimate of drug-likeness (QED) is 0.598. The second-order valence-electron chi connectivity index (χ2n) is 6.91. The Morgan fingerprint density at radius 3 is 2.29 bits per heavy atom. The van der Waals surface area contributed by atoms with Crippen LogP contribution in [-0.4, -0.2) is 5.88 Å². The van der Waals surface area contributed by atoms with E-state index >= 15 is 0 Å². The van der Waals surface area contributed by atoms with Gasteiger partial charge in [0.1, 0.15) is 0 Å². The summed E-state index contributed by atoms with van der Waals surface area (Å²) in [7, 11) is 0. The molecule has 0 saturated carbocycles. The van der Waals surface area contributed by atoms with E-state index in [-0.39, 0.29) is 5.41 Å². The number of rotatable bonds is 6. The van der Waals surface area contributed by atoms with Gasteiger partial charge in [-0.2, -0.15) is 5.26 Å². The fraction of sp³-hybridized carbons (Fsp3) is 0.409. The number of nitrogens with zero attached hydrogens (tertiary/aromatic N) is 1. The van der Waals surface area contributed by atoms with Gasteiger partial charge in [0.2, 0.25) is 0 Å². The van der Waals surface area contributed by atoms with Gasteiger partial charge in [0.25, 0.3) is 0 Å². The number of hydrogen-bond donors (Lipinski definition) is 0. The molecule has 0 aliphatic rings. The lowest BCUT2D eigenvalue weighted by atomic mass is 9.76. The summed E-state index contributed by atoms with van der Waals surface area (Å²) < 4.78 is 0. The van der Waals surface area contributed by atoms with Crippen LogP contribution in [0.15, 0.2) is 36.4 Å². The van der Waals surface area contributed by atoms with E-state index in [2.05, 4.69) is 70.2 Å². The van der Waals surface area contributed by atoms with Gasteiger partial charge in [0.15, 0.2) is 0 Å². The van der Waals surface area contributed by atoms with Gasteiger partial charge >= 0.3 is 0 Å². The van der Waals surface area contributed by atoms with Crippen molar-refractivity contribution in [2.24, 2.45) is 0 Å². The highest BCUT2D eigenvalue weighted by Crippen LogP contribution is 2.34. The average Bonchev–Trinajstić information content (AvgIpc) is 2.59. The first-order valence-corrected chi connectivity index (χ1v) is 9.17. The van der Waals surface area contributed by atoms with Crippen molar-refractivity contribution in [3.63, 3.8) is 0 Å². The van der Waals surface area contributed by atoms with Crippen LogP contribution < -0.4 is 0 Å². The molecule has 0 atom stereocenters. The highest BCUT2D eigenvalue weighted by Gasteiger charge is 2.25. The molecule has 0 aromatic heterocycles. The van der Waals surface area contributed by atoms with Crippen LogP contribution in [0.2, 0.25) is 0 Å². The maximum absolute atomic E-state index is 9.65. The molecule has 0 amide bonds. The molecular weight excluding hydrogens is 314 g/mol. The van der Waals surface area contributed by atoms with E-state index < -0.39 is 0 Å². The first-order chi connectivity index (χ1) is 11.4. The van der Waals surface area contributed by atoms with E-state index in [1.54, 1.807) is 0 Å². The molecule has 126 valence electrons. The number of aryl methyl sites for hydroxylation is 2. The lowest BCUT2D eigenvalue weighted by molar-refractivity contribution is 0.638. The fourth-order valence-electron chi connectivity index (χ4n) is 3.18. The van der Waals surface area contributed by atoms with Crippen molar-refractivity contribution in [2.75, 3.05) is 5.88 Å². The highest BCUT2D eigenvalue weighted by atomic mass is 35.5. The van der Waals surface area contributed by atoms with E-state index in [1.807, 2.05) is 0 Å². The molecular formula is C22H26ClN. The fourth-order valence-corrected chi connectivity index (χ4v) is 3.32. The summed E-state index contributed by atoms with van der Waals surface area (Å²) in [5, 5.41) is 9.65. The predicted molar refractivity (Wildman–Crippen MR) is 103 cm³/mol. The molecule has 2 aromatic carbocycles. The van der Waals surface area contributed by atoms with Gasteiger partial charge in [0.05, 0.1) is 11.6 Å². The van der Waals surface area contributed by atoms with Crippen LogP contribution in [0.4, 0.5) is 0 Å². The van der Waals surface area contributed by atoms with Crippen LogP contribution >= 0.6 is 11.6 Å². The Morgan fingerprint density at radius 2 is 1.75 bits per heavy atom. The number of alkyl halides is 1. The van der Waals surface area contributed by atoms with Gasteiger partial charge in [-0.25, -0.2) is 0 Å². The Balaban J connectivity index is 2.54. The normalized spacial score (nSPS) is 11.3. The minimum Gasteiger partial charge on any atom is -0.192 e. The SMILES string of the molecule is CCc1cc(C(C)(C)c2ccc(C)cc2)cc(C#N)c1CCCCl. The van der Waals surface area contributed by atoms with Crippen molar-refractivity contribution in [3.05, 3.63) is 69.8 Å². The Hall–Kier alpha value is -1.78. The molecule has 0 heterocycles. The maximum atomic E-state index is 9.65. The summed E-state index contributed by atoms with van der Waals surface area (Å²) >= 11 is 5.86. The highest BCUT2D eigenvalue weighted by molar-refractivity contribution is 6.17. The molecule has 0 N–H and O–H groups in total. The second kappa shape index (κ2) is 7.86. The van der Waals surface area contributed by atoms with Crippen molar-refractivity contribution < 1.29 is 0 Å². The maximum Gasteiger partial charge on any atom is 0.0994 e. The van der Waals surface area contributed by atoms with E-state index in [1.165, 1.54) is 27.8 Å². The molecule has 1 nitrogen and oxygen atoms in total. The van der Waals surface area contributed by atoms with Crippen LogP contribution in [0.1, 0.15) is 60.6 Å². The van der Waals surface area contributed by atoms with Crippen molar-refractivity contribution >= 4 is 11.6 Å². The van der Waals surface area contributed by atoms with E-state index in [0.717, 1.165) is 24.8 Å². The predicted octanol–water partition coefficient (Wildman–Crippen LogP) is 5.93. The van der Waals surface area contributed by atoms with Gasteiger partial charge in [-0.1, -0.05) is 56.7 Å². The third-order valence-electron chi connectivity index (χ3n) is 4.90. The van der Waals surface area contributed by atoms with E-state index in [0.29, 0.717) is 5.88 Å². The molecule has 2 rings (SSSR count). The van der Waals surface area contributed by atoms with E-state index in [4.69, 9.17) is 11.6 Å². The van der Waals surface area contributed by atoms with Gasteiger partial charge in [0, 0.05) is 11.3 Å². The number of hydrogen-bond acceptors (Lipinski definition) is 1. The van der Waals surface area contributed by atoms with Crippen molar-refractivity contribution in [3.8, 4) is 6.07 Å². The summed E-state index contributed by atoms with van der Waals surface area (Å²) in [5.41, 5.74) is 6.85. The summed E-state index contributed by atoms with van der Waals surface area (Å²) in [6.45, 7) is 8.72. The zero-order valence-corrected chi connectivity index (χ0v) is 15.9. The Labute approximate surface area is 151 Å². The largest absolute Gasteiger partial charge is 0.192 e. The standard InChI is InChI=1S/C22H26ClN/c1-5-17-13-20(14-18(15-24)21(17)7-6-12-23)22(3,4)19-10-8-16(2)9-11-19/h8-11,13-14H,5-7,12H2,1-4H3. The summed E-state index contributed by atoms with van der Waals surface area (Å²) in [5.74, 6) is 0.630. The van der Waals surface area contributed by atoms with Crippen molar-refractivity contribution in [2.45, 2.75) is 52.4 Å². The Morgan fingerprint density at radius 1 is 1.08 bits per heavy atom. The zero-order valence-electron chi connectivity index (χ0n) is 15.1. The van der Waals surface area contributed by atoms with Crippen LogP contribution in [0, 0.1) is 18.3 Å². The number of nitriles is 1. The molecule has 2 heteroatoms. The third-order valence-corrected chi connectivity index (χ3v) is 5.17. The first-order valence-electron chi connectivity index (χ1n) is 8.63. The topological polar surface area (TPSA) is 23.8 Å². The van der Waals surface area contributed by atoms with Crippen LogP contribution in [0.25, 0.3) is 0 Å². The van der Waals surface area contributed by atoms with E-state index in [9.17, 15) is 5.26 Å². The monoisotopic (exact) mass is 339 g/mol. The lowest BCUT2D eigenvalue weighted by Gasteiger charge is -2.28. The van der Waals surface area contributed by atoms with Gasteiger partial charge in [-0.3, -0.25) is 0 Å². The summed E-state index contributed by atoms with van der Waals surface area (Å²) in [4.78, 5) is 0. The van der Waals surface area contributed by atoms with Gasteiger partial charge in [-0.15, -0.1) is 11.6 Å². The van der Waals surface area contributed by atoms with Crippen molar-refractivity contribution in [1.29, 1.82) is 5.26 Å². The average molecular weight is 340 g/mol. The van der Waals surface area contributed by atoms with Crippen molar-refractivity contribution in [1.82, 2.24) is 0 Å². The van der Waals surface area contributed by atoms with Gasteiger partial charge in [-0.05, 0) is 54.5 Å². The molecule has 0 spiro atoms. The molecule has 0 saturated heterocycles. The molecule has 0 bridgehead atoms. The second-order valence-corrected chi connectivity index (χ2v) is 7.29. The molecule has 0 radical (unpaired) electrons. The lowest BCUT2D eigenvalue weighted by Crippen LogP contribution is -2.20. The molecule has 0 aliphatic carbocycles. The van der Waals surface area contributed by atoms with Crippen LogP contribution in [0.5, 0.6) is 0 Å². The third kappa shape index (κ3) is 3.82. The molecule has 2 aromatic rings. The molecule has 0 aliphatic heterocycles. The van der Waals surface area contributed by atoms with Gasteiger partial charge < -0.3 is 0 Å². The minimum absolute atomic E-state index is 0.131. The summed E-state index contributed by atoms with van der Waals surface area (Å²) in [6.07, 6.45) is 2.72. The molecule has 0 fully saturated rings. The number of halogens is 1.